The van der Waals surface area contributed by atoms with Crippen molar-refractivity contribution in [2.24, 2.45) is 5.92 Å². The van der Waals surface area contributed by atoms with Crippen molar-refractivity contribution in [3.8, 4) is 5.75 Å². The average molecular weight is 492 g/mol. The first-order chi connectivity index (χ1) is 17.4. The summed E-state index contributed by atoms with van der Waals surface area (Å²) in [7, 11) is 1.65. The van der Waals surface area contributed by atoms with E-state index in [4.69, 9.17) is 4.74 Å². The van der Waals surface area contributed by atoms with Gasteiger partial charge in [-0.15, -0.1) is 0 Å². The molecule has 0 atom stereocenters. The summed E-state index contributed by atoms with van der Waals surface area (Å²) in [6, 6.07) is 16.0. The lowest BCUT2D eigenvalue weighted by molar-refractivity contribution is -0.141. The van der Waals surface area contributed by atoms with Gasteiger partial charge in [0.15, 0.2) is 0 Å². The van der Waals surface area contributed by atoms with Crippen molar-refractivity contribution in [1.82, 2.24) is 14.8 Å². The highest BCUT2D eigenvalue weighted by Gasteiger charge is 2.23. The largest absolute Gasteiger partial charge is 0.496 e. The number of H-pyrrole nitrogens is 1. The number of nitrogens with zero attached hydrogens (tertiary/aromatic N) is 2. The van der Waals surface area contributed by atoms with Crippen LogP contribution in [0.15, 0.2) is 54.7 Å². The summed E-state index contributed by atoms with van der Waals surface area (Å²) in [5.74, 6) is 1.09. The molecular formula is C30H41N3O3. The lowest BCUT2D eigenvalue weighted by Gasteiger charge is -2.29. The Bertz CT molecular complexity index is 1120. The van der Waals surface area contributed by atoms with E-state index in [9.17, 15) is 9.59 Å². The summed E-state index contributed by atoms with van der Waals surface area (Å²) in [5.41, 5.74) is 3.23. The summed E-state index contributed by atoms with van der Waals surface area (Å²) < 4.78 is 5.55. The molecule has 0 fully saturated rings. The zero-order chi connectivity index (χ0) is 25.9. The Balaban J connectivity index is 1.79. The van der Waals surface area contributed by atoms with Crippen LogP contribution in [0.5, 0.6) is 5.75 Å². The summed E-state index contributed by atoms with van der Waals surface area (Å²) in [4.78, 5) is 33.6. The van der Waals surface area contributed by atoms with E-state index in [1.54, 1.807) is 12.0 Å². The zero-order valence-corrected chi connectivity index (χ0v) is 22.3. The summed E-state index contributed by atoms with van der Waals surface area (Å²) >= 11 is 0. The molecule has 0 unspecified atom stereocenters. The molecule has 0 radical (unpaired) electrons. The molecule has 0 saturated heterocycles. The van der Waals surface area contributed by atoms with E-state index in [2.05, 4.69) is 37.9 Å². The lowest BCUT2D eigenvalue weighted by atomic mass is 10.1. The van der Waals surface area contributed by atoms with Gasteiger partial charge in [-0.05, 0) is 36.5 Å². The fourth-order valence-corrected chi connectivity index (χ4v) is 4.57. The molecule has 194 valence electrons. The Hall–Kier alpha value is -3.28. The van der Waals surface area contributed by atoms with E-state index >= 15 is 0 Å². The van der Waals surface area contributed by atoms with Gasteiger partial charge in [-0.1, -0.05) is 70.0 Å². The van der Waals surface area contributed by atoms with Crippen LogP contribution in [0.4, 0.5) is 0 Å². The van der Waals surface area contributed by atoms with Gasteiger partial charge in [0.05, 0.1) is 13.7 Å². The molecule has 0 spiro atoms. The molecule has 6 nitrogen and oxygen atoms in total. The second-order valence-electron chi connectivity index (χ2n) is 9.86. The van der Waals surface area contributed by atoms with E-state index in [0.717, 1.165) is 42.5 Å². The number of nitrogens with one attached hydrogen (secondary N) is 1. The lowest BCUT2D eigenvalue weighted by Crippen LogP contribution is -2.44. The number of aromatic amines is 1. The Morgan fingerprint density at radius 3 is 2.44 bits per heavy atom. The second kappa shape index (κ2) is 13.7. The van der Waals surface area contributed by atoms with E-state index in [1.807, 2.05) is 47.5 Å². The molecule has 36 heavy (non-hydrogen) atoms. The maximum atomic E-state index is 13.7. The fourth-order valence-electron chi connectivity index (χ4n) is 4.57. The Morgan fingerprint density at radius 1 is 0.944 bits per heavy atom. The molecule has 1 aromatic heterocycles. The maximum Gasteiger partial charge on any atom is 0.242 e. The van der Waals surface area contributed by atoms with Crippen molar-refractivity contribution in [1.29, 1.82) is 0 Å². The monoisotopic (exact) mass is 491 g/mol. The second-order valence-corrected chi connectivity index (χ2v) is 9.86. The molecule has 0 aliphatic rings. The molecule has 2 aromatic carbocycles. The van der Waals surface area contributed by atoms with E-state index in [-0.39, 0.29) is 18.4 Å². The SMILES string of the molecule is CCCCCC(=O)N(CC(=O)N(CCc1c[nH]c2ccccc12)Cc1ccccc1OC)CC(C)C. The minimum atomic E-state index is -0.0368. The van der Waals surface area contributed by atoms with Crippen LogP contribution in [0.1, 0.15) is 57.6 Å². The van der Waals surface area contributed by atoms with Crippen LogP contribution in [0.2, 0.25) is 0 Å². The van der Waals surface area contributed by atoms with Crippen molar-refractivity contribution < 1.29 is 14.3 Å². The van der Waals surface area contributed by atoms with E-state index < -0.39 is 0 Å². The van der Waals surface area contributed by atoms with Crippen molar-refractivity contribution in [2.45, 2.75) is 59.4 Å². The molecule has 3 rings (SSSR count). The average Bonchev–Trinajstić information content (AvgIpc) is 3.29. The van der Waals surface area contributed by atoms with Crippen LogP contribution in [0.3, 0.4) is 0 Å². The molecular weight excluding hydrogens is 450 g/mol. The number of ether oxygens (including phenoxy) is 1. The van der Waals surface area contributed by atoms with Gasteiger partial charge >= 0.3 is 0 Å². The third kappa shape index (κ3) is 7.61. The number of hydrogen-bond donors (Lipinski definition) is 1. The smallest absolute Gasteiger partial charge is 0.242 e. The first-order valence-corrected chi connectivity index (χ1v) is 13.1. The van der Waals surface area contributed by atoms with Gasteiger partial charge in [-0.2, -0.15) is 0 Å². The molecule has 0 saturated carbocycles. The first kappa shape index (κ1) is 27.3. The minimum absolute atomic E-state index is 0.0368. The van der Waals surface area contributed by atoms with Gasteiger partial charge in [0.1, 0.15) is 5.75 Å². The number of unbranched alkanes of at least 4 members (excludes halogenated alkanes) is 2. The molecule has 3 aromatic rings. The highest BCUT2D eigenvalue weighted by atomic mass is 16.5. The number of benzene rings is 2. The topological polar surface area (TPSA) is 65.6 Å². The number of aromatic nitrogens is 1. The van der Waals surface area contributed by atoms with Crippen LogP contribution in [-0.2, 0) is 22.6 Å². The number of carbonyl (C=O) groups excluding carboxylic acids is 2. The van der Waals surface area contributed by atoms with Crippen molar-refractivity contribution in [3.05, 3.63) is 65.9 Å². The minimum Gasteiger partial charge on any atom is -0.496 e. The Labute approximate surface area is 215 Å². The van der Waals surface area contributed by atoms with Gasteiger partial charge in [-0.3, -0.25) is 9.59 Å². The van der Waals surface area contributed by atoms with Gasteiger partial charge in [0.2, 0.25) is 11.8 Å². The standard InChI is InChI=1S/C30H41N3O3/c1-5-6-7-16-29(34)33(20-23(2)3)22-30(35)32(21-25-12-8-11-15-28(25)36-4)18-17-24-19-31-27-14-10-9-13-26(24)27/h8-15,19,23,31H,5-7,16-18,20-22H2,1-4H3. The summed E-state index contributed by atoms with van der Waals surface area (Å²) in [5, 5.41) is 1.18. The van der Waals surface area contributed by atoms with E-state index in [0.29, 0.717) is 32.0 Å². The number of para-hydroxylation sites is 2. The quantitative estimate of drug-likeness (QED) is 0.289. The maximum absolute atomic E-state index is 13.7. The first-order valence-electron chi connectivity index (χ1n) is 13.1. The Kier molecular flexibility index (Phi) is 10.4. The molecule has 2 amide bonds. The predicted molar refractivity (Wildman–Crippen MR) is 146 cm³/mol. The molecule has 1 heterocycles. The molecule has 0 aliphatic carbocycles. The summed E-state index contributed by atoms with van der Waals surface area (Å²) in [6.45, 7) is 7.97. The molecule has 6 heteroatoms. The van der Waals surface area contributed by atoms with Crippen molar-refractivity contribution in [3.63, 3.8) is 0 Å². The van der Waals surface area contributed by atoms with Gasteiger partial charge < -0.3 is 19.5 Å². The van der Waals surface area contributed by atoms with Crippen molar-refractivity contribution in [2.75, 3.05) is 26.7 Å². The molecule has 1 N–H and O–H groups in total. The predicted octanol–water partition coefficient (Wildman–Crippen LogP) is 5.81. The Morgan fingerprint density at radius 2 is 1.69 bits per heavy atom. The third-order valence-electron chi connectivity index (χ3n) is 6.49. The van der Waals surface area contributed by atoms with Crippen LogP contribution in [-0.4, -0.2) is 53.3 Å². The fraction of sp³-hybridized carbons (Fsp3) is 0.467. The zero-order valence-electron chi connectivity index (χ0n) is 22.3. The normalized spacial score (nSPS) is 11.1. The highest BCUT2D eigenvalue weighted by Crippen LogP contribution is 2.22. The van der Waals surface area contributed by atoms with Crippen LogP contribution >= 0.6 is 0 Å². The number of methoxy groups -OCH3 is 1. The third-order valence-corrected chi connectivity index (χ3v) is 6.49. The number of amides is 2. The number of rotatable bonds is 14. The molecule has 0 aliphatic heterocycles. The van der Waals surface area contributed by atoms with Gasteiger partial charge in [0, 0.05) is 48.7 Å². The summed E-state index contributed by atoms with van der Waals surface area (Å²) in [6.07, 6.45) is 6.20. The van der Waals surface area contributed by atoms with Crippen LogP contribution in [0.25, 0.3) is 10.9 Å². The van der Waals surface area contributed by atoms with Crippen LogP contribution in [0, 0.1) is 5.92 Å². The van der Waals surface area contributed by atoms with Gasteiger partial charge in [0.25, 0.3) is 0 Å². The highest BCUT2D eigenvalue weighted by molar-refractivity contribution is 5.85. The van der Waals surface area contributed by atoms with Crippen LogP contribution < -0.4 is 4.74 Å². The van der Waals surface area contributed by atoms with Crippen molar-refractivity contribution >= 4 is 22.7 Å². The number of fused-ring (bicyclic) bond motifs is 1. The van der Waals surface area contributed by atoms with E-state index in [1.165, 1.54) is 10.9 Å². The molecule has 0 bridgehead atoms. The van der Waals surface area contributed by atoms with Gasteiger partial charge in [-0.25, -0.2) is 0 Å². The number of carbonyl (C=O) groups is 2. The number of hydrogen-bond acceptors (Lipinski definition) is 3.